The third-order valence-corrected chi connectivity index (χ3v) is 7.36. The highest BCUT2D eigenvalue weighted by Crippen LogP contribution is 2.48. The number of benzene rings is 1. The summed E-state index contributed by atoms with van der Waals surface area (Å²) in [7, 11) is 5.95. The van der Waals surface area contributed by atoms with Gasteiger partial charge in [-0.15, -0.1) is 0 Å². The number of amides is 3. The van der Waals surface area contributed by atoms with Crippen LogP contribution < -0.4 is 5.32 Å². The van der Waals surface area contributed by atoms with Crippen LogP contribution in [0.15, 0.2) is 30.3 Å². The molecule has 33 heavy (non-hydrogen) atoms. The number of ether oxygens (including phenoxy) is 2. The summed E-state index contributed by atoms with van der Waals surface area (Å²) in [6.07, 6.45) is 3.68. The highest BCUT2D eigenvalue weighted by Gasteiger charge is 2.54. The van der Waals surface area contributed by atoms with Crippen molar-refractivity contribution in [3.05, 3.63) is 35.9 Å². The summed E-state index contributed by atoms with van der Waals surface area (Å²) in [4.78, 5) is 31.8. The molecule has 2 fully saturated rings. The molecule has 1 aliphatic carbocycles. The largest absolute Gasteiger partial charge is 0.383 e. The zero-order chi connectivity index (χ0) is 23.9. The summed E-state index contributed by atoms with van der Waals surface area (Å²) in [5.74, 6) is -0.144. The first-order valence-corrected chi connectivity index (χ1v) is 12.0. The minimum absolute atomic E-state index is 0.0491. The SMILES string of the molecule is CCOCCNC(=O)CN1CC2(CCC(c3ccccc3)(N(C)C)CC2)N(CCOC)C1=O. The molecule has 8 nitrogen and oxygen atoms in total. The minimum Gasteiger partial charge on any atom is -0.383 e. The molecule has 0 bridgehead atoms. The van der Waals surface area contributed by atoms with Crippen LogP contribution in [0.4, 0.5) is 4.79 Å². The van der Waals surface area contributed by atoms with Crippen molar-refractivity contribution >= 4 is 11.9 Å². The number of carbonyl (C=O) groups excluding carboxylic acids is 2. The van der Waals surface area contributed by atoms with Gasteiger partial charge in [0.25, 0.3) is 0 Å². The quantitative estimate of drug-likeness (QED) is 0.513. The third kappa shape index (κ3) is 5.50. The summed E-state index contributed by atoms with van der Waals surface area (Å²) in [6, 6.07) is 10.6. The Morgan fingerprint density at radius 3 is 2.42 bits per heavy atom. The normalized spacial score (nSPS) is 25.3. The minimum atomic E-state index is -0.268. The molecule has 0 aromatic heterocycles. The molecule has 1 aliphatic heterocycles. The number of nitrogens with one attached hydrogen (secondary N) is 1. The van der Waals surface area contributed by atoms with Crippen LogP contribution in [-0.2, 0) is 19.8 Å². The van der Waals surface area contributed by atoms with Crippen LogP contribution in [-0.4, -0.2) is 99.4 Å². The standard InChI is InChI=1S/C25H40N4O4/c1-5-33-17-15-26-22(30)19-28-20-24(29(23(28)31)16-18-32-4)11-13-25(14-12-24,27(2)3)21-9-7-6-8-10-21/h6-10H,5,11-20H2,1-4H3,(H,26,30). The van der Waals surface area contributed by atoms with Gasteiger partial charge in [0.1, 0.15) is 6.54 Å². The maximum Gasteiger partial charge on any atom is 0.321 e. The Balaban J connectivity index is 1.73. The van der Waals surface area contributed by atoms with E-state index >= 15 is 0 Å². The van der Waals surface area contributed by atoms with Crippen LogP contribution >= 0.6 is 0 Å². The van der Waals surface area contributed by atoms with E-state index in [1.54, 1.807) is 12.0 Å². The van der Waals surface area contributed by atoms with Crippen molar-refractivity contribution in [3.8, 4) is 0 Å². The van der Waals surface area contributed by atoms with Crippen LogP contribution in [0.2, 0.25) is 0 Å². The Morgan fingerprint density at radius 2 is 1.82 bits per heavy atom. The zero-order valence-corrected chi connectivity index (χ0v) is 20.6. The van der Waals surface area contributed by atoms with Crippen molar-refractivity contribution in [2.45, 2.75) is 43.7 Å². The van der Waals surface area contributed by atoms with Gasteiger partial charge in [-0.25, -0.2) is 4.79 Å². The van der Waals surface area contributed by atoms with Crippen LogP contribution in [0.3, 0.4) is 0 Å². The molecule has 1 spiro atoms. The van der Waals surface area contributed by atoms with Crippen molar-refractivity contribution in [2.24, 2.45) is 0 Å². The van der Waals surface area contributed by atoms with Crippen molar-refractivity contribution in [1.82, 2.24) is 20.0 Å². The first kappa shape index (κ1) is 25.5. The van der Waals surface area contributed by atoms with E-state index in [0.717, 1.165) is 25.7 Å². The lowest BCUT2D eigenvalue weighted by atomic mass is 9.68. The number of hydrogen-bond donors (Lipinski definition) is 1. The van der Waals surface area contributed by atoms with Crippen molar-refractivity contribution < 1.29 is 19.1 Å². The van der Waals surface area contributed by atoms with Crippen molar-refractivity contribution in [2.75, 3.05) is 67.2 Å². The van der Waals surface area contributed by atoms with Gasteiger partial charge >= 0.3 is 6.03 Å². The molecule has 0 radical (unpaired) electrons. The summed E-state index contributed by atoms with van der Waals surface area (Å²) >= 11 is 0. The molecule has 3 amide bonds. The molecule has 8 heteroatoms. The van der Waals surface area contributed by atoms with Gasteiger partial charge in [-0.2, -0.15) is 0 Å². The topological polar surface area (TPSA) is 74.3 Å². The molecule has 184 valence electrons. The predicted molar refractivity (Wildman–Crippen MR) is 128 cm³/mol. The number of methoxy groups -OCH3 is 1. The Bertz CT molecular complexity index is 778. The van der Waals surface area contributed by atoms with Crippen molar-refractivity contribution in [1.29, 1.82) is 0 Å². The van der Waals surface area contributed by atoms with Crippen molar-refractivity contribution in [3.63, 3.8) is 0 Å². The monoisotopic (exact) mass is 460 g/mol. The Kier molecular flexibility index (Phi) is 8.73. The van der Waals surface area contributed by atoms with E-state index in [2.05, 4.69) is 54.6 Å². The molecule has 1 aromatic carbocycles. The van der Waals surface area contributed by atoms with Gasteiger partial charge in [0, 0.05) is 38.9 Å². The summed E-state index contributed by atoms with van der Waals surface area (Å²) < 4.78 is 10.6. The lowest BCUT2D eigenvalue weighted by Crippen LogP contribution is -2.56. The molecule has 0 atom stereocenters. The molecule has 1 saturated carbocycles. The van der Waals surface area contributed by atoms with E-state index < -0.39 is 0 Å². The number of rotatable bonds is 11. The molecule has 2 aliphatic rings. The first-order valence-electron chi connectivity index (χ1n) is 12.0. The number of nitrogens with zero attached hydrogens (tertiary/aromatic N) is 3. The molecule has 1 N–H and O–H groups in total. The second-order valence-corrected chi connectivity index (χ2v) is 9.35. The van der Waals surface area contributed by atoms with Gasteiger partial charge < -0.3 is 24.6 Å². The van der Waals surface area contributed by atoms with Gasteiger partial charge in [0.05, 0.1) is 18.8 Å². The lowest BCUT2D eigenvalue weighted by molar-refractivity contribution is -0.121. The molecule has 1 saturated heterocycles. The first-order chi connectivity index (χ1) is 15.9. The average molecular weight is 461 g/mol. The molecular weight excluding hydrogens is 420 g/mol. The maximum absolute atomic E-state index is 13.3. The Morgan fingerprint density at radius 1 is 1.12 bits per heavy atom. The van der Waals surface area contributed by atoms with E-state index in [4.69, 9.17) is 9.47 Å². The maximum atomic E-state index is 13.3. The van der Waals surface area contributed by atoms with Gasteiger partial charge in [0.15, 0.2) is 0 Å². The number of urea groups is 1. The molecule has 0 unspecified atom stereocenters. The fraction of sp³-hybridized carbons (Fsp3) is 0.680. The Hall–Kier alpha value is -2.16. The highest BCUT2D eigenvalue weighted by atomic mass is 16.5. The van der Waals surface area contributed by atoms with Gasteiger partial charge in [0.2, 0.25) is 5.91 Å². The summed E-state index contributed by atoms with van der Waals surface area (Å²) in [5, 5.41) is 2.86. The summed E-state index contributed by atoms with van der Waals surface area (Å²) in [5.41, 5.74) is 1.00. The highest BCUT2D eigenvalue weighted by molar-refractivity contribution is 5.86. The van der Waals surface area contributed by atoms with Gasteiger partial charge in [-0.3, -0.25) is 9.69 Å². The molecule has 1 heterocycles. The smallest absolute Gasteiger partial charge is 0.321 e. The van der Waals surface area contributed by atoms with E-state index in [9.17, 15) is 9.59 Å². The molecule has 1 aromatic rings. The zero-order valence-electron chi connectivity index (χ0n) is 20.6. The number of hydrogen-bond acceptors (Lipinski definition) is 5. The van der Waals surface area contributed by atoms with Crippen LogP contribution in [0, 0.1) is 0 Å². The van der Waals surface area contributed by atoms with Crippen LogP contribution in [0.5, 0.6) is 0 Å². The van der Waals surface area contributed by atoms with Gasteiger partial charge in [-0.1, -0.05) is 30.3 Å². The average Bonchev–Trinajstić information content (AvgIpc) is 3.06. The lowest BCUT2D eigenvalue weighted by Gasteiger charge is -2.51. The Labute approximate surface area is 198 Å². The predicted octanol–water partition coefficient (Wildman–Crippen LogP) is 2.29. The van der Waals surface area contributed by atoms with E-state index in [-0.39, 0.29) is 29.6 Å². The second-order valence-electron chi connectivity index (χ2n) is 9.35. The molecule has 3 rings (SSSR count). The fourth-order valence-corrected chi connectivity index (χ4v) is 5.46. The summed E-state index contributed by atoms with van der Waals surface area (Å²) in [6.45, 7) is 5.15. The van der Waals surface area contributed by atoms with Crippen LogP contribution in [0.1, 0.15) is 38.2 Å². The van der Waals surface area contributed by atoms with E-state index in [1.165, 1.54) is 5.56 Å². The van der Waals surface area contributed by atoms with Gasteiger partial charge in [-0.05, 0) is 52.3 Å². The number of carbonyl (C=O) groups is 2. The second kappa shape index (κ2) is 11.3. The fourth-order valence-electron chi connectivity index (χ4n) is 5.46. The van der Waals surface area contributed by atoms with E-state index in [1.807, 2.05) is 11.8 Å². The third-order valence-electron chi connectivity index (χ3n) is 7.36. The van der Waals surface area contributed by atoms with Crippen LogP contribution in [0.25, 0.3) is 0 Å². The van der Waals surface area contributed by atoms with E-state index in [0.29, 0.717) is 39.5 Å². The molecular formula is C25H40N4O4.